The quantitative estimate of drug-likeness (QED) is 0.0719. The Morgan fingerprint density at radius 3 is 1.27 bits per heavy atom. The van der Waals surface area contributed by atoms with Gasteiger partial charge in [-0.1, -0.05) is 59.3 Å². The number of anilines is 4. The lowest BCUT2D eigenvalue weighted by Gasteiger charge is -2.33. The van der Waals surface area contributed by atoms with Gasteiger partial charge in [0.05, 0.1) is 44.8 Å². The number of nitrogens with one attached hydrogen (secondary N) is 5. The summed E-state index contributed by atoms with van der Waals surface area (Å²) < 4.78 is 137. The third kappa shape index (κ3) is 22.8. The first-order valence-corrected chi connectivity index (χ1v) is 37.8. The van der Waals surface area contributed by atoms with E-state index in [1.54, 1.807) is 53.7 Å². The van der Waals surface area contributed by atoms with Crippen LogP contribution in [-0.2, 0) is 74.1 Å². The van der Waals surface area contributed by atoms with Crippen LogP contribution in [-0.4, -0.2) is 223 Å². The predicted molar refractivity (Wildman–Crippen MR) is 345 cm³/mol. The summed E-state index contributed by atoms with van der Waals surface area (Å²) in [6.45, 7) is 4.09. The molecule has 5 atom stereocenters. The standard InChI is InChI=1S/C11H12BFN2O3S.C11H19BN2O3S.C11H13BN2O3S.C10H12BN3O3S.C10H14N4O3S/c1-19(17,18)14-9-4-5-15(11(9)16)10-3-2-7(12)6-8(10)13;2*1-18(16,17)13-10-6-7-14(11(10)15)9-4-2-8(12)3-5-9;1-18(16,17)13-8-4-5-14(10(8)15)9-3-2-7(11)6-12-9;1-7-5-11-10(12-6-7)14-4-3-8(9(14)15)13-18(2,16)17/h2-3,6,9,14H,4-5H2,1H3;8-10,13H,2-7H2,1H3;2-5,10,13H,6-7H2,1H3;2-3,6,8,13H,4-5H2,1H3;5-6,8,13H,3-4H2,1-2H3. The lowest BCUT2D eigenvalue weighted by molar-refractivity contribution is -0.131. The largest absolute Gasteiger partial charge is 0.338 e. The van der Waals surface area contributed by atoms with Gasteiger partial charge >= 0.3 is 0 Å². The molecule has 38 heteroatoms. The number of hydrogen-bond acceptors (Lipinski definition) is 18. The van der Waals surface area contributed by atoms with Crippen molar-refractivity contribution in [2.45, 2.75) is 107 Å². The van der Waals surface area contributed by atoms with Gasteiger partial charge in [0.25, 0.3) is 0 Å². The van der Waals surface area contributed by atoms with Gasteiger partial charge in [-0.3, -0.25) is 33.8 Å². The number of pyridine rings is 1. The van der Waals surface area contributed by atoms with Crippen LogP contribution in [0.2, 0.25) is 5.82 Å². The van der Waals surface area contributed by atoms with E-state index >= 15 is 0 Å². The van der Waals surface area contributed by atoms with Gasteiger partial charge in [0.1, 0.15) is 65.4 Å². The zero-order valence-corrected chi connectivity index (χ0v) is 54.9. The molecule has 91 heavy (non-hydrogen) atoms. The maximum atomic E-state index is 13.7. The Labute approximate surface area is 536 Å². The average Bonchev–Trinajstić information content (AvgIpc) is 3.14. The van der Waals surface area contributed by atoms with E-state index in [4.69, 9.17) is 31.4 Å². The summed E-state index contributed by atoms with van der Waals surface area (Å²) in [6.07, 6.45) is 15.8. The van der Waals surface area contributed by atoms with Crippen LogP contribution in [0.5, 0.6) is 0 Å². The Morgan fingerprint density at radius 1 is 0.440 bits per heavy atom. The van der Waals surface area contributed by atoms with Crippen molar-refractivity contribution >= 4 is 151 Å². The number of aryl methyl sites for hydroxylation is 1. The van der Waals surface area contributed by atoms with Gasteiger partial charge in [-0.2, -0.15) is 0 Å². The van der Waals surface area contributed by atoms with Crippen molar-refractivity contribution in [1.29, 1.82) is 0 Å². The van der Waals surface area contributed by atoms with E-state index in [2.05, 4.69) is 38.6 Å². The van der Waals surface area contributed by atoms with E-state index in [9.17, 15) is 70.5 Å². The summed E-state index contributed by atoms with van der Waals surface area (Å²) in [4.78, 5) is 79.8. The molecule has 7 heterocycles. The van der Waals surface area contributed by atoms with Gasteiger partial charge in [0.2, 0.25) is 85.6 Å². The van der Waals surface area contributed by atoms with Crippen molar-refractivity contribution in [1.82, 2.24) is 43.5 Å². The number of benzene rings is 2. The van der Waals surface area contributed by atoms with Crippen molar-refractivity contribution in [2.75, 3.05) is 83.6 Å². The normalized spacial score (nSPS) is 23.0. The van der Waals surface area contributed by atoms with E-state index < -0.39 is 92.1 Å². The zero-order valence-electron chi connectivity index (χ0n) is 50.8. The molecule has 8 radical (unpaired) electrons. The Morgan fingerprint density at radius 2 is 0.824 bits per heavy atom. The van der Waals surface area contributed by atoms with Crippen molar-refractivity contribution < 1.29 is 70.5 Å². The molecule has 6 aliphatic rings. The first-order chi connectivity index (χ1) is 42.2. The second kappa shape index (κ2) is 31.1. The van der Waals surface area contributed by atoms with E-state index in [-0.39, 0.29) is 53.2 Å². The lowest BCUT2D eigenvalue weighted by atomic mass is 9.74. The van der Waals surface area contributed by atoms with Crippen molar-refractivity contribution in [2.24, 2.45) is 0 Å². The highest BCUT2D eigenvalue weighted by molar-refractivity contribution is 7.89. The fourth-order valence-corrected chi connectivity index (χ4v) is 14.1. The van der Waals surface area contributed by atoms with E-state index in [1.165, 1.54) is 33.0 Å². The number of carbonyl (C=O) groups excluding carboxylic acids is 5. The molecule has 28 nitrogen and oxygen atoms in total. The number of aromatic nitrogens is 3. The Hall–Kier alpha value is -6.24. The van der Waals surface area contributed by atoms with Crippen molar-refractivity contribution in [3.05, 3.63) is 84.6 Å². The van der Waals surface area contributed by atoms with Crippen LogP contribution < -0.4 is 59.6 Å². The van der Waals surface area contributed by atoms with E-state index in [0.29, 0.717) is 81.0 Å². The molecule has 486 valence electrons. The Balaban J connectivity index is 0.000000181. The highest BCUT2D eigenvalue weighted by Gasteiger charge is 2.40. The first-order valence-electron chi connectivity index (χ1n) is 28.3. The van der Waals surface area contributed by atoms with Gasteiger partial charge in [0, 0.05) is 63.0 Å². The zero-order chi connectivity index (χ0) is 67.6. The molecule has 10 rings (SSSR count). The smallest absolute Gasteiger partial charge is 0.247 e. The van der Waals surface area contributed by atoms with Gasteiger partial charge in [-0.25, -0.2) is 85.0 Å². The van der Waals surface area contributed by atoms with Crippen LogP contribution in [0, 0.1) is 12.7 Å². The highest BCUT2D eigenvalue weighted by atomic mass is 32.2. The number of hydrogen-bond donors (Lipinski definition) is 5. The maximum absolute atomic E-state index is 13.7. The van der Waals surface area contributed by atoms with Crippen molar-refractivity contribution in [3.8, 4) is 0 Å². The molecule has 6 fully saturated rings. The number of halogens is 1. The summed E-state index contributed by atoms with van der Waals surface area (Å²) in [7, 11) is 5.42. The number of rotatable bonds is 15. The summed E-state index contributed by atoms with van der Waals surface area (Å²) in [5.41, 5.74) is 3.13. The molecular weight excluding hydrogens is 1280 g/mol. The van der Waals surface area contributed by atoms with Crippen LogP contribution in [0.4, 0.5) is 27.5 Å². The average molecular weight is 1350 g/mol. The molecular formula is C53H70B4FN13O15S5. The third-order valence-electron chi connectivity index (χ3n) is 14.5. The number of likely N-dealkylation sites (tertiary alicyclic amines) is 1. The number of carbonyl (C=O) groups is 5. The van der Waals surface area contributed by atoms with Gasteiger partial charge in [0.15, 0.2) is 0 Å². The third-order valence-corrected chi connectivity index (χ3v) is 18.1. The second-order valence-corrected chi connectivity index (χ2v) is 31.4. The summed E-state index contributed by atoms with van der Waals surface area (Å²) in [5.74, 6) is -0.949. The topological polar surface area (TPSA) is 371 Å². The molecule has 5 unspecified atom stereocenters. The molecule has 5 N–H and O–H groups in total. The number of sulfonamides is 5. The molecule has 5 aliphatic heterocycles. The van der Waals surface area contributed by atoms with E-state index in [0.717, 1.165) is 74.3 Å². The minimum Gasteiger partial charge on any atom is -0.338 e. The van der Waals surface area contributed by atoms with Gasteiger partial charge < -0.3 is 14.7 Å². The van der Waals surface area contributed by atoms with Crippen LogP contribution in [0.1, 0.15) is 63.4 Å². The second-order valence-electron chi connectivity index (χ2n) is 22.5. The summed E-state index contributed by atoms with van der Waals surface area (Å²) >= 11 is 0. The fraction of sp³-hybridized carbons (Fsp3) is 0.509. The molecule has 5 amide bonds. The molecule has 0 spiro atoms. The molecule has 1 aliphatic carbocycles. The molecule has 4 aromatic rings. The summed E-state index contributed by atoms with van der Waals surface area (Å²) in [6, 6.07) is 10.9. The van der Waals surface area contributed by atoms with Crippen LogP contribution in [0.25, 0.3) is 0 Å². The molecule has 2 aromatic carbocycles. The molecule has 5 saturated heterocycles. The lowest BCUT2D eigenvalue weighted by Crippen LogP contribution is -2.45. The number of nitrogens with zero attached hydrogens (tertiary/aromatic N) is 8. The van der Waals surface area contributed by atoms with Crippen LogP contribution >= 0.6 is 0 Å². The fourth-order valence-electron chi connectivity index (χ4n) is 10.4. The van der Waals surface area contributed by atoms with Gasteiger partial charge in [-0.05, 0) is 87.8 Å². The van der Waals surface area contributed by atoms with Gasteiger partial charge in [-0.15, -0.1) is 0 Å². The Kier molecular flexibility index (Phi) is 25.2. The maximum Gasteiger partial charge on any atom is 0.247 e. The molecule has 2 aromatic heterocycles. The highest BCUT2D eigenvalue weighted by Crippen LogP contribution is 2.32. The van der Waals surface area contributed by atoms with Crippen molar-refractivity contribution in [3.63, 3.8) is 0 Å². The van der Waals surface area contributed by atoms with Crippen LogP contribution in [0.3, 0.4) is 0 Å². The summed E-state index contributed by atoms with van der Waals surface area (Å²) in [5, 5.41) is 0. The molecule has 0 bridgehead atoms. The minimum absolute atomic E-state index is 0.0825. The Bertz CT molecular complexity index is 3620. The predicted octanol–water partition coefficient (Wildman–Crippen LogP) is -3.59. The first kappa shape index (κ1) is 73.8. The SMILES string of the molecule is Cc1cnc(N2CCC(NS(C)(=O)=O)C2=O)nc1.[B]C1CCC(N2CCC(NS(C)(=O)=O)C2=O)CC1.[B]c1ccc(N2CCC(NS(C)(=O)=O)C2=O)c(F)c1.[B]c1ccc(N2CCC(NS(C)(=O)=O)C2=O)cc1.[B]c1ccc(N2CCC(NS(C)(=O)=O)C2=O)nc1. The van der Waals surface area contributed by atoms with E-state index in [1.807, 2.05) is 11.8 Å². The minimum atomic E-state index is -3.47. The monoisotopic (exact) mass is 1350 g/mol. The number of amides is 5. The molecule has 1 saturated carbocycles. The van der Waals surface area contributed by atoms with Crippen LogP contribution in [0.15, 0.2) is 73.2 Å².